The van der Waals surface area contributed by atoms with Gasteiger partial charge < -0.3 is 15.0 Å². The van der Waals surface area contributed by atoms with Crippen molar-refractivity contribution in [3.8, 4) is 0 Å². The third-order valence-corrected chi connectivity index (χ3v) is 6.73. The van der Waals surface area contributed by atoms with E-state index in [1.165, 1.54) is 12.1 Å². The van der Waals surface area contributed by atoms with E-state index in [0.29, 0.717) is 53.4 Å². The average molecular weight is 506 g/mol. The summed E-state index contributed by atoms with van der Waals surface area (Å²) in [6, 6.07) is 6.48. The summed E-state index contributed by atoms with van der Waals surface area (Å²) in [4.78, 5) is 28.6. The molecule has 1 fully saturated rings. The number of carboxylic acid groups (broad SMARTS) is 1. The minimum Gasteiger partial charge on any atom is -0.481 e. The number of rotatable bonds is 8. The van der Waals surface area contributed by atoms with E-state index in [4.69, 9.17) is 5.11 Å². The van der Waals surface area contributed by atoms with Gasteiger partial charge in [-0.2, -0.15) is 13.2 Å². The smallest absolute Gasteiger partial charge is 0.416 e. The lowest BCUT2D eigenvalue weighted by atomic mass is 9.84. The first-order chi connectivity index (χ1) is 17.2. The molecule has 192 valence electrons. The second kappa shape index (κ2) is 10.7. The van der Waals surface area contributed by atoms with E-state index in [1.807, 2.05) is 0 Å². The van der Waals surface area contributed by atoms with Crippen LogP contribution < -0.4 is 5.32 Å². The number of alkyl halides is 4. The Hall–Kier alpha value is -3.43. The number of halogens is 4. The van der Waals surface area contributed by atoms with Crippen LogP contribution in [0.5, 0.6) is 0 Å². The van der Waals surface area contributed by atoms with Crippen molar-refractivity contribution in [2.45, 2.75) is 57.3 Å². The summed E-state index contributed by atoms with van der Waals surface area (Å²) in [5, 5.41) is 12.6. The number of benzene rings is 1. The van der Waals surface area contributed by atoms with Gasteiger partial charge in [0.1, 0.15) is 12.3 Å². The summed E-state index contributed by atoms with van der Waals surface area (Å²) in [5.41, 5.74) is 1.37. The number of carbonyl (C=O) groups excluding carboxylic acids is 1. The van der Waals surface area contributed by atoms with Gasteiger partial charge in [0.15, 0.2) is 0 Å². The molecular weight excluding hydrogens is 478 g/mol. The summed E-state index contributed by atoms with van der Waals surface area (Å²) in [5.74, 6) is -1.06. The van der Waals surface area contributed by atoms with E-state index in [9.17, 15) is 27.2 Å². The first-order valence-electron chi connectivity index (χ1n) is 11.9. The number of nitrogens with zero attached hydrogens (tertiary/aromatic N) is 2. The summed E-state index contributed by atoms with van der Waals surface area (Å²) >= 11 is 0. The van der Waals surface area contributed by atoms with Crippen molar-refractivity contribution in [1.29, 1.82) is 0 Å². The van der Waals surface area contributed by atoms with Crippen molar-refractivity contribution < 1.29 is 32.3 Å². The van der Waals surface area contributed by atoms with Gasteiger partial charge in [-0.3, -0.25) is 9.59 Å². The predicted octanol–water partition coefficient (Wildman–Crippen LogP) is 5.38. The highest BCUT2D eigenvalue weighted by atomic mass is 19.4. The number of aliphatic carboxylic acids is 1. The van der Waals surface area contributed by atoms with E-state index >= 15 is 0 Å². The van der Waals surface area contributed by atoms with E-state index in [0.717, 1.165) is 12.1 Å². The van der Waals surface area contributed by atoms with Gasteiger partial charge >= 0.3 is 12.1 Å². The third kappa shape index (κ3) is 5.85. The van der Waals surface area contributed by atoms with Crippen LogP contribution in [-0.2, 0) is 23.9 Å². The summed E-state index contributed by atoms with van der Waals surface area (Å²) in [6.07, 6.45) is 1.84. The highest BCUT2D eigenvalue weighted by Gasteiger charge is 2.30. The molecule has 36 heavy (non-hydrogen) atoms. The normalized spacial score (nSPS) is 18.3. The van der Waals surface area contributed by atoms with Gasteiger partial charge in [-0.05, 0) is 67.3 Å². The van der Waals surface area contributed by atoms with Crippen molar-refractivity contribution >= 4 is 22.9 Å². The quantitative estimate of drug-likeness (QED) is 0.403. The highest BCUT2D eigenvalue weighted by molar-refractivity contribution is 6.07. The van der Waals surface area contributed by atoms with Gasteiger partial charge in [-0.1, -0.05) is 12.1 Å². The Labute approximate surface area is 205 Å². The second-order valence-corrected chi connectivity index (χ2v) is 9.25. The van der Waals surface area contributed by atoms with Crippen LogP contribution in [0, 0.1) is 5.92 Å². The number of amides is 1. The number of carbonyl (C=O) groups is 2. The number of hydrogen-bond acceptors (Lipinski definition) is 3. The molecule has 2 heterocycles. The van der Waals surface area contributed by atoms with Gasteiger partial charge in [0.2, 0.25) is 0 Å². The molecule has 1 amide bonds. The van der Waals surface area contributed by atoms with Gasteiger partial charge in [0.25, 0.3) is 5.91 Å². The molecule has 4 rings (SSSR count). The van der Waals surface area contributed by atoms with Crippen LogP contribution in [0.1, 0.15) is 59.2 Å². The fourth-order valence-corrected chi connectivity index (χ4v) is 4.92. The minimum atomic E-state index is -4.43. The molecule has 1 aromatic carbocycles. The van der Waals surface area contributed by atoms with Crippen molar-refractivity contribution in [1.82, 2.24) is 14.9 Å². The zero-order chi connectivity index (χ0) is 25.9. The predicted molar refractivity (Wildman–Crippen MR) is 125 cm³/mol. The van der Waals surface area contributed by atoms with Gasteiger partial charge in [0.05, 0.1) is 17.7 Å². The van der Waals surface area contributed by atoms with Crippen LogP contribution in [0.15, 0.2) is 42.7 Å². The number of carboxylic acids is 1. The van der Waals surface area contributed by atoms with Crippen LogP contribution in [0.4, 0.5) is 17.6 Å². The SMILES string of the molecule is O=C(O)CC1CCC(NC(=O)c2cn(CCF)c3nccc(Cc4ccc(C(F)(F)F)cc4)c23)CC1. The number of hydrogen-bond donors (Lipinski definition) is 2. The molecule has 2 N–H and O–H groups in total. The lowest BCUT2D eigenvalue weighted by Crippen LogP contribution is -2.37. The first kappa shape index (κ1) is 25.7. The molecule has 6 nitrogen and oxygen atoms in total. The molecule has 0 saturated heterocycles. The lowest BCUT2D eigenvalue weighted by Gasteiger charge is -2.28. The van der Waals surface area contributed by atoms with Crippen molar-refractivity contribution in [2.24, 2.45) is 5.92 Å². The molecule has 0 radical (unpaired) electrons. The Morgan fingerprint density at radius 1 is 1.08 bits per heavy atom. The number of fused-ring (bicyclic) bond motifs is 1. The first-order valence-corrected chi connectivity index (χ1v) is 11.9. The number of nitrogens with one attached hydrogen (secondary N) is 1. The van der Waals surface area contributed by atoms with E-state index in [-0.39, 0.29) is 37.3 Å². The maximum atomic E-state index is 13.3. The van der Waals surface area contributed by atoms with E-state index in [1.54, 1.807) is 23.0 Å². The van der Waals surface area contributed by atoms with Crippen molar-refractivity contribution in [2.75, 3.05) is 6.67 Å². The largest absolute Gasteiger partial charge is 0.481 e. The lowest BCUT2D eigenvalue weighted by molar-refractivity contribution is -0.139. The number of pyridine rings is 1. The van der Waals surface area contributed by atoms with Crippen LogP contribution in [0.25, 0.3) is 11.0 Å². The number of aromatic nitrogens is 2. The Morgan fingerprint density at radius 3 is 2.39 bits per heavy atom. The molecule has 0 aliphatic heterocycles. The molecule has 10 heteroatoms. The Morgan fingerprint density at radius 2 is 1.78 bits per heavy atom. The Bertz CT molecular complexity index is 1230. The monoisotopic (exact) mass is 505 g/mol. The average Bonchev–Trinajstić information content (AvgIpc) is 3.20. The molecule has 0 atom stereocenters. The summed E-state index contributed by atoms with van der Waals surface area (Å²) in [6.45, 7) is -0.635. The molecule has 2 aromatic heterocycles. The zero-order valence-corrected chi connectivity index (χ0v) is 19.5. The second-order valence-electron chi connectivity index (χ2n) is 9.25. The van der Waals surface area contributed by atoms with Crippen molar-refractivity contribution in [3.63, 3.8) is 0 Å². The highest BCUT2D eigenvalue weighted by Crippen LogP contribution is 2.31. The van der Waals surface area contributed by atoms with Gasteiger partial charge in [0, 0.05) is 30.2 Å². The van der Waals surface area contributed by atoms with Gasteiger partial charge in [-0.15, -0.1) is 0 Å². The maximum Gasteiger partial charge on any atom is 0.416 e. The van der Waals surface area contributed by atoms with Crippen LogP contribution in [-0.4, -0.2) is 39.3 Å². The minimum absolute atomic E-state index is 0.0147. The fraction of sp³-hybridized carbons (Fsp3) is 0.423. The molecule has 1 saturated carbocycles. The standard InChI is InChI=1S/C26H27F4N3O3/c27-10-12-33-15-21(25(36)32-20-7-3-17(4-8-20)14-22(34)35)23-18(9-11-31-24(23)33)13-16-1-5-19(6-2-16)26(28,29)30/h1-2,5-6,9,11,15,17,20H,3-4,7-8,10,12-14H2,(H,32,36)(H,34,35). The van der Waals surface area contributed by atoms with E-state index in [2.05, 4.69) is 10.3 Å². The molecule has 1 aliphatic carbocycles. The summed E-state index contributed by atoms with van der Waals surface area (Å²) < 4.78 is 53.6. The van der Waals surface area contributed by atoms with Crippen LogP contribution in [0.2, 0.25) is 0 Å². The van der Waals surface area contributed by atoms with Crippen LogP contribution in [0.3, 0.4) is 0 Å². The number of aryl methyl sites for hydroxylation is 1. The third-order valence-electron chi connectivity index (χ3n) is 6.73. The van der Waals surface area contributed by atoms with Crippen LogP contribution >= 0.6 is 0 Å². The maximum absolute atomic E-state index is 13.3. The molecule has 0 bridgehead atoms. The molecule has 0 spiro atoms. The fourth-order valence-electron chi connectivity index (χ4n) is 4.92. The molecule has 1 aliphatic rings. The zero-order valence-electron chi connectivity index (χ0n) is 19.5. The molecular formula is C26H27F4N3O3. The van der Waals surface area contributed by atoms with Gasteiger partial charge in [-0.25, -0.2) is 9.37 Å². The Balaban J connectivity index is 1.59. The molecule has 3 aromatic rings. The van der Waals surface area contributed by atoms with E-state index < -0.39 is 24.4 Å². The van der Waals surface area contributed by atoms with Crippen molar-refractivity contribution in [3.05, 3.63) is 65.0 Å². The molecule has 0 unspecified atom stereocenters. The Kier molecular flexibility index (Phi) is 7.61. The topological polar surface area (TPSA) is 84.2 Å². The summed E-state index contributed by atoms with van der Waals surface area (Å²) in [7, 11) is 0.